The summed E-state index contributed by atoms with van der Waals surface area (Å²) < 4.78 is 39.9. The first kappa shape index (κ1) is 82.8. The molecule has 28 nitrogen and oxygen atoms in total. The van der Waals surface area contributed by atoms with Crippen LogP contribution in [0, 0.1) is 17.8 Å². The van der Waals surface area contributed by atoms with Gasteiger partial charge in [0, 0.05) is 80.0 Å². The zero-order chi connectivity index (χ0) is 71.6. The van der Waals surface area contributed by atoms with E-state index in [2.05, 4.69) is 193 Å². The molecule has 6 fully saturated rings. The second kappa shape index (κ2) is 35.8. The molecule has 6 aliphatic rings. The summed E-state index contributed by atoms with van der Waals surface area (Å²) in [6.45, 7) is 13.5. The second-order valence-corrected chi connectivity index (χ2v) is 40.9. The Balaban J connectivity index is 0.000000186. The molecule has 0 bridgehead atoms. The number of carbonyl (C=O) groups excluding carboxylic acids is 1. The van der Waals surface area contributed by atoms with Crippen molar-refractivity contribution in [2.24, 2.45) is 17.8 Å². The molecule has 11 rings (SSSR count). The number of aliphatic hydroxyl groups is 4. The van der Waals surface area contributed by atoms with Crippen LogP contribution in [-0.2, 0) is 33.2 Å². The van der Waals surface area contributed by atoms with Crippen molar-refractivity contribution in [3.8, 4) is 0 Å². The van der Waals surface area contributed by atoms with Crippen molar-refractivity contribution in [1.29, 1.82) is 0 Å². The van der Waals surface area contributed by atoms with Crippen LogP contribution in [0.25, 0.3) is 0 Å². The van der Waals surface area contributed by atoms with Crippen LogP contribution in [0.1, 0.15) is 109 Å². The summed E-state index contributed by atoms with van der Waals surface area (Å²) in [4.78, 5) is 112. The summed E-state index contributed by atoms with van der Waals surface area (Å²) in [6.07, 6.45) is 3.47. The number of benzene rings is 1. The highest BCUT2D eigenvalue weighted by molar-refractivity contribution is 9.26. The van der Waals surface area contributed by atoms with Crippen molar-refractivity contribution in [1.82, 2.24) is 38.2 Å². The minimum absolute atomic E-state index is 0.0487. The van der Waals surface area contributed by atoms with Gasteiger partial charge in [-0.15, -0.1) is 0 Å². The largest absolute Gasteiger partial charge is 0.430 e. The zero-order valence-corrected chi connectivity index (χ0v) is 67.8. The number of nitrogens with one attached hydrogen (secondary N) is 4. The summed E-state index contributed by atoms with van der Waals surface area (Å²) in [7, 11) is 0. The molecule has 0 radical (unpaired) electrons. The molecule has 1 aromatic carbocycles. The summed E-state index contributed by atoms with van der Waals surface area (Å²) in [5.41, 5.74) is -3.63. The highest BCUT2D eigenvalue weighted by atomic mass is 79.9. The molecule has 0 saturated carbocycles. The summed E-state index contributed by atoms with van der Waals surface area (Å²) in [5, 5.41) is 38.0. The van der Waals surface area contributed by atoms with Gasteiger partial charge in [-0.2, -0.15) is 0 Å². The number of esters is 1. The number of hydrogen-bond donors (Lipinski definition) is 8. The van der Waals surface area contributed by atoms with Crippen LogP contribution < -0.4 is 45.0 Å². The van der Waals surface area contributed by atoms with Gasteiger partial charge in [0.05, 0.1) is 37.1 Å². The lowest BCUT2D eigenvalue weighted by Crippen LogP contribution is -2.40. The Bertz CT molecular complexity index is 3470. The summed E-state index contributed by atoms with van der Waals surface area (Å²) >= 11 is 34.4. The maximum Gasteiger partial charge on any atom is 0.340 e. The summed E-state index contributed by atoms with van der Waals surface area (Å²) in [6, 6.07) is 13.9. The topological polar surface area (TPSA) is 382 Å². The third-order valence-electron chi connectivity index (χ3n) is 16.2. The van der Waals surface area contributed by atoms with Gasteiger partial charge in [0.25, 0.3) is 22.2 Å². The van der Waals surface area contributed by atoms with Crippen LogP contribution in [0.15, 0.2) is 118 Å². The van der Waals surface area contributed by atoms with Crippen molar-refractivity contribution in [3.05, 3.63) is 168 Å². The number of aromatic amines is 4. The average Bonchev–Trinajstić information content (AvgIpc) is 1.64. The molecule has 5 aromatic rings. The molecule has 15 atom stereocenters. The van der Waals surface area contributed by atoms with E-state index in [1.54, 1.807) is 24.3 Å². The molecule has 6 saturated heterocycles. The van der Waals surface area contributed by atoms with Gasteiger partial charge < -0.3 is 53.6 Å². The van der Waals surface area contributed by atoms with Crippen LogP contribution in [0.5, 0.6) is 0 Å². The number of H-pyrrole nitrogens is 4. The molecule has 0 spiro atoms. The fourth-order valence-corrected chi connectivity index (χ4v) is 16.4. The molecule has 0 amide bonds. The normalized spacial score (nSPS) is 29.9. The van der Waals surface area contributed by atoms with E-state index >= 15 is 0 Å². The number of ether oxygens (including phenoxy) is 7. The monoisotopic (exact) mass is 1990 g/mol. The Hall–Kier alpha value is -2.19. The quantitative estimate of drug-likeness (QED) is 0.0472. The van der Waals surface area contributed by atoms with Gasteiger partial charge in [-0.3, -0.25) is 57.4 Å². The second-order valence-electron chi connectivity index (χ2n) is 22.5. The lowest BCUT2D eigenvalue weighted by molar-refractivity contribution is -0.103. The van der Waals surface area contributed by atoms with Crippen LogP contribution in [-0.4, -0.2) is 156 Å². The van der Waals surface area contributed by atoms with E-state index in [-0.39, 0.29) is 42.0 Å². The molecular weight excluding hydrogens is 1930 g/mol. The van der Waals surface area contributed by atoms with Crippen LogP contribution >= 0.6 is 159 Å². The number of hydrogen-bond acceptors (Lipinski definition) is 20. The molecule has 96 heavy (non-hydrogen) atoms. The summed E-state index contributed by atoms with van der Waals surface area (Å²) in [5.74, 6) is 0.196. The maximum absolute atomic E-state index is 12.0. The van der Waals surface area contributed by atoms with Crippen molar-refractivity contribution in [2.45, 2.75) is 164 Å². The van der Waals surface area contributed by atoms with E-state index in [4.69, 9.17) is 43.4 Å². The van der Waals surface area contributed by atoms with Crippen LogP contribution in [0.2, 0.25) is 0 Å². The van der Waals surface area contributed by atoms with E-state index in [0.29, 0.717) is 5.56 Å². The van der Waals surface area contributed by atoms with E-state index < -0.39 is 130 Å². The minimum Gasteiger partial charge on any atom is -0.430 e. The van der Waals surface area contributed by atoms with Crippen LogP contribution in [0.4, 0.5) is 0 Å². The highest BCUT2D eigenvalue weighted by Gasteiger charge is 2.57. The fourth-order valence-electron chi connectivity index (χ4n) is 10.4. The zero-order valence-electron chi connectivity index (χ0n) is 51.9. The number of carbonyl (C=O) groups is 1. The Morgan fingerprint density at radius 1 is 0.458 bits per heavy atom. The van der Waals surface area contributed by atoms with Crippen molar-refractivity contribution >= 4 is 165 Å². The van der Waals surface area contributed by atoms with Crippen molar-refractivity contribution < 1.29 is 58.4 Å². The number of aliphatic hydroxyl groups excluding tert-OH is 4. The number of alkyl halides is 10. The molecule has 10 heterocycles. The Labute approximate surface area is 631 Å². The predicted molar refractivity (Wildman–Crippen MR) is 389 cm³/mol. The fraction of sp³-hybridized carbons (Fsp3) is 0.603. The number of rotatable bonds is 11. The van der Waals surface area contributed by atoms with Gasteiger partial charge in [-0.05, 0) is 44.2 Å². The number of nitrogens with zero attached hydrogens (tertiary/aromatic N) is 4. The number of aromatic nitrogens is 8. The first-order chi connectivity index (χ1) is 45.0. The van der Waals surface area contributed by atoms with Gasteiger partial charge in [0.2, 0.25) is 6.29 Å². The molecule has 8 N–H and O–H groups in total. The molecular formula is C58H72Br10N8O20. The average molecular weight is 2000 g/mol. The third kappa shape index (κ3) is 19.5. The molecule has 4 aromatic heterocycles. The van der Waals surface area contributed by atoms with E-state index in [9.17, 15) is 53.4 Å². The lowest BCUT2D eigenvalue weighted by Gasteiger charge is -2.25. The van der Waals surface area contributed by atoms with Gasteiger partial charge in [-0.1, -0.05) is 219 Å². The van der Waals surface area contributed by atoms with E-state index in [0.717, 1.165) is 41.6 Å². The smallest absolute Gasteiger partial charge is 0.340 e. The number of halogens is 10. The molecule has 534 valence electrons. The van der Waals surface area contributed by atoms with Crippen molar-refractivity contribution in [3.63, 3.8) is 0 Å². The van der Waals surface area contributed by atoms with Crippen LogP contribution in [0.3, 0.4) is 0 Å². The lowest BCUT2D eigenvalue weighted by atomic mass is 10.0. The third-order valence-corrected chi connectivity index (χ3v) is 26.3. The maximum atomic E-state index is 12.0. The predicted octanol–water partition coefficient (Wildman–Crippen LogP) is 7.38. The molecule has 6 aliphatic heterocycles. The molecule has 38 heteroatoms. The Morgan fingerprint density at radius 3 is 1.00 bits per heavy atom. The van der Waals surface area contributed by atoms with Gasteiger partial charge in [0.1, 0.15) is 34.1 Å². The van der Waals surface area contributed by atoms with E-state index in [1.165, 1.54) is 71.0 Å². The Morgan fingerprint density at radius 2 is 0.750 bits per heavy atom. The van der Waals surface area contributed by atoms with Gasteiger partial charge in [0.15, 0.2) is 31.4 Å². The standard InChI is InChI=1S/C14H16Br2O3.2C11H14Br2N2O3.2C9H10Br2N2O5.C4H8O/c1-3-11-9(2)14(15,16)13(18-11)19-12(17)10-7-5-4-6-8-10;2*1-3-7-6(2)11(12,13)9(18-7)15-5-4-8(16)14-10(15)17;2*10-9(11)6(16)4(3-14)18-7(9)13-2-1-5(15)12-8(13)17;1-2-4-5-3-1/h4-9,11,13H,3H2,1-2H3;2*4-7,9H,3H2,1-2H3,(H,14,16,17);2*1-2,4,6-7,14,16H,3H2,(H,12,15,17);1-4H2/t9-,11+,13?;6-,7+,9+;6-,7+,9-;4-,6+,7+;4-,6+,7-;/m00011./s1. The van der Waals surface area contributed by atoms with E-state index in [1.807, 2.05) is 33.8 Å². The first-order valence-corrected chi connectivity index (χ1v) is 37.7. The molecule has 0 aliphatic carbocycles. The van der Waals surface area contributed by atoms with Gasteiger partial charge in [-0.25, -0.2) is 24.0 Å². The first-order valence-electron chi connectivity index (χ1n) is 29.8. The molecule has 1 unspecified atom stereocenters. The Kier molecular flexibility index (Phi) is 30.9. The highest BCUT2D eigenvalue weighted by Crippen LogP contribution is 2.55. The van der Waals surface area contributed by atoms with Gasteiger partial charge >= 0.3 is 28.7 Å². The minimum atomic E-state index is -1.13. The van der Waals surface area contributed by atoms with Crippen molar-refractivity contribution in [2.75, 3.05) is 26.4 Å². The SMILES string of the molecule is C1CCOC1.CC[C@H]1OC(OC(=O)c2ccccc2)C(Br)(Br)[C@H]1C.CC[C@H]1O[C@@H](n2ccc(=O)[nH]c2=O)C(Br)(Br)[C@H]1C.CC[C@H]1O[C@H](n2ccc(=O)[nH]c2=O)C(Br)(Br)[C@H]1C.O=c1ccn([C@@H]2O[C@H](CO)[C@H](O)C2(Br)Br)c(=O)[nH]1.O=c1ccn([C@H]2O[C@H](CO)[C@H](O)C2(Br)Br)c(=O)[nH]1.